The van der Waals surface area contributed by atoms with E-state index in [0.29, 0.717) is 6.61 Å². The third kappa shape index (κ3) is 4.07. The Bertz CT molecular complexity index is 937. The Hall–Kier alpha value is -1.77. The van der Waals surface area contributed by atoms with Crippen molar-refractivity contribution >= 4 is 38.2 Å². The average molecular weight is 449 g/mol. The highest BCUT2D eigenvalue weighted by Gasteiger charge is 2.27. The van der Waals surface area contributed by atoms with Gasteiger partial charge in [-0.25, -0.2) is 0 Å². The second kappa shape index (κ2) is 8.08. The minimum atomic E-state index is -0.0649. The molecule has 0 unspecified atom stereocenters. The number of halogens is 1. The van der Waals surface area contributed by atoms with Gasteiger partial charge in [-0.05, 0) is 38.4 Å². The number of rotatable bonds is 5. The fourth-order valence-corrected chi connectivity index (χ4v) is 4.71. The van der Waals surface area contributed by atoms with Crippen molar-refractivity contribution in [3.8, 4) is 11.4 Å². The summed E-state index contributed by atoms with van der Waals surface area (Å²) in [7, 11) is 0. The molecule has 6 nitrogen and oxygen atoms in total. The number of benzene rings is 1. The van der Waals surface area contributed by atoms with E-state index >= 15 is 0 Å². The van der Waals surface area contributed by atoms with Gasteiger partial charge in [0.1, 0.15) is 0 Å². The number of aromatic nitrogens is 3. The summed E-state index contributed by atoms with van der Waals surface area (Å²) in [6.07, 6.45) is 4.06. The van der Waals surface area contributed by atoms with E-state index in [9.17, 15) is 4.79 Å². The maximum Gasteiger partial charge on any atom is 0.310 e. The molecule has 27 heavy (non-hydrogen) atoms. The molecule has 1 aliphatic rings. The highest BCUT2D eigenvalue weighted by molar-refractivity contribution is 9.10. The fourth-order valence-electron chi connectivity index (χ4n) is 3.49. The molecule has 1 fully saturated rings. The van der Waals surface area contributed by atoms with Crippen molar-refractivity contribution in [1.82, 2.24) is 19.5 Å². The monoisotopic (exact) mass is 448 g/mol. The number of ether oxygens (including phenoxy) is 1. The number of thiazole rings is 1. The van der Waals surface area contributed by atoms with E-state index in [4.69, 9.17) is 4.74 Å². The lowest BCUT2D eigenvalue weighted by molar-refractivity contribution is -0.150. The van der Waals surface area contributed by atoms with Gasteiger partial charge in [-0.1, -0.05) is 39.4 Å². The number of piperidine rings is 1. The Morgan fingerprint density at radius 1 is 1.33 bits per heavy atom. The molecule has 1 aromatic carbocycles. The van der Waals surface area contributed by atoms with Crippen LogP contribution in [-0.2, 0) is 16.1 Å². The van der Waals surface area contributed by atoms with Gasteiger partial charge in [-0.3, -0.25) is 14.1 Å². The number of esters is 1. The Morgan fingerprint density at radius 2 is 2.15 bits per heavy atom. The van der Waals surface area contributed by atoms with Gasteiger partial charge < -0.3 is 4.74 Å². The summed E-state index contributed by atoms with van der Waals surface area (Å²) in [6.45, 7) is 4.90. The summed E-state index contributed by atoms with van der Waals surface area (Å²) in [4.78, 5) is 16.5. The lowest BCUT2D eigenvalue weighted by Crippen LogP contribution is -2.38. The molecule has 0 radical (unpaired) electrons. The quantitative estimate of drug-likeness (QED) is 0.552. The van der Waals surface area contributed by atoms with Crippen LogP contribution in [0.1, 0.15) is 24.6 Å². The summed E-state index contributed by atoms with van der Waals surface area (Å²) in [6, 6.07) is 8.08. The molecule has 4 rings (SSSR count). The predicted octanol–water partition coefficient (Wildman–Crippen LogP) is 4.00. The molecule has 0 spiro atoms. The van der Waals surface area contributed by atoms with E-state index in [0.717, 1.165) is 53.3 Å². The Labute approximate surface area is 170 Å². The summed E-state index contributed by atoms with van der Waals surface area (Å²) in [5, 5.41) is 8.66. The standard InChI is InChI=1S/C19H21BrN4O2S/c1-2-26-18(25)14-4-3-9-23(10-14)11-16-12-24-17(21-22-19(24)27-16)13-5-7-15(20)8-6-13/h5-8,12,14H,2-4,9-11H2,1H3/t14-/m1/s1. The molecular weight excluding hydrogens is 428 g/mol. The van der Waals surface area contributed by atoms with Crippen LogP contribution in [0, 0.1) is 5.92 Å². The van der Waals surface area contributed by atoms with Crippen LogP contribution < -0.4 is 0 Å². The highest BCUT2D eigenvalue weighted by Crippen LogP contribution is 2.27. The summed E-state index contributed by atoms with van der Waals surface area (Å²) < 4.78 is 8.29. The molecule has 0 saturated carbocycles. The van der Waals surface area contributed by atoms with E-state index < -0.39 is 0 Å². The van der Waals surface area contributed by atoms with Crippen molar-refractivity contribution in [2.45, 2.75) is 26.3 Å². The Kier molecular flexibility index (Phi) is 5.56. The van der Waals surface area contributed by atoms with Crippen LogP contribution in [0.15, 0.2) is 34.9 Å². The van der Waals surface area contributed by atoms with Crippen LogP contribution in [0.2, 0.25) is 0 Å². The topological polar surface area (TPSA) is 59.7 Å². The summed E-state index contributed by atoms with van der Waals surface area (Å²) in [5.74, 6) is 0.774. The van der Waals surface area contributed by atoms with Gasteiger partial charge in [0.15, 0.2) is 5.82 Å². The number of hydrogen-bond acceptors (Lipinski definition) is 6. The molecule has 8 heteroatoms. The smallest absolute Gasteiger partial charge is 0.310 e. The van der Waals surface area contributed by atoms with Crippen LogP contribution in [0.5, 0.6) is 0 Å². The number of hydrogen-bond donors (Lipinski definition) is 0. The van der Waals surface area contributed by atoms with Gasteiger partial charge >= 0.3 is 5.97 Å². The maximum atomic E-state index is 12.0. The zero-order valence-electron chi connectivity index (χ0n) is 15.1. The molecule has 1 atom stereocenters. The molecule has 3 heterocycles. The largest absolute Gasteiger partial charge is 0.466 e. The minimum absolute atomic E-state index is 0.0114. The first-order valence-electron chi connectivity index (χ1n) is 9.12. The Morgan fingerprint density at radius 3 is 2.93 bits per heavy atom. The maximum absolute atomic E-state index is 12.0. The van der Waals surface area contributed by atoms with Crippen LogP contribution in [0.25, 0.3) is 16.3 Å². The van der Waals surface area contributed by atoms with Gasteiger partial charge in [-0.15, -0.1) is 10.2 Å². The molecule has 142 valence electrons. The van der Waals surface area contributed by atoms with Crippen LogP contribution in [0.4, 0.5) is 0 Å². The molecular formula is C19H21BrN4O2S. The van der Waals surface area contributed by atoms with Crippen LogP contribution in [-0.4, -0.2) is 45.2 Å². The van der Waals surface area contributed by atoms with Gasteiger partial charge in [0.25, 0.3) is 0 Å². The number of likely N-dealkylation sites (tertiary alicyclic amines) is 1. The molecule has 1 aliphatic heterocycles. The first-order valence-corrected chi connectivity index (χ1v) is 10.7. The molecule has 0 aliphatic carbocycles. The van der Waals surface area contributed by atoms with Crippen molar-refractivity contribution in [2.24, 2.45) is 5.92 Å². The summed E-state index contributed by atoms with van der Waals surface area (Å²) >= 11 is 5.12. The number of carbonyl (C=O) groups excluding carboxylic acids is 1. The fraction of sp³-hybridized carbons (Fsp3) is 0.421. The van der Waals surface area contributed by atoms with Crippen molar-refractivity contribution in [3.63, 3.8) is 0 Å². The number of carbonyl (C=O) groups is 1. The predicted molar refractivity (Wildman–Crippen MR) is 109 cm³/mol. The van der Waals surface area contributed by atoms with Gasteiger partial charge in [0.2, 0.25) is 4.96 Å². The molecule has 3 aromatic rings. The third-order valence-electron chi connectivity index (χ3n) is 4.77. The lowest BCUT2D eigenvalue weighted by atomic mass is 9.98. The minimum Gasteiger partial charge on any atom is -0.466 e. The van der Waals surface area contributed by atoms with Gasteiger partial charge in [-0.2, -0.15) is 0 Å². The third-order valence-corrected chi connectivity index (χ3v) is 6.25. The first-order chi connectivity index (χ1) is 13.1. The average Bonchev–Trinajstić information content (AvgIpc) is 3.23. The zero-order valence-corrected chi connectivity index (χ0v) is 17.5. The van der Waals surface area contributed by atoms with E-state index in [1.54, 1.807) is 11.3 Å². The normalized spacial score (nSPS) is 18.1. The van der Waals surface area contributed by atoms with Gasteiger partial charge in [0, 0.05) is 34.2 Å². The van der Waals surface area contributed by atoms with Crippen molar-refractivity contribution in [1.29, 1.82) is 0 Å². The van der Waals surface area contributed by atoms with Crippen LogP contribution >= 0.6 is 27.3 Å². The Balaban J connectivity index is 1.50. The van der Waals surface area contributed by atoms with Crippen molar-refractivity contribution in [3.05, 3.63) is 39.8 Å². The van der Waals surface area contributed by atoms with E-state index in [1.165, 1.54) is 4.88 Å². The van der Waals surface area contributed by atoms with Crippen molar-refractivity contribution in [2.75, 3.05) is 19.7 Å². The number of fused-ring (bicyclic) bond motifs is 1. The van der Waals surface area contributed by atoms with Gasteiger partial charge in [0.05, 0.1) is 12.5 Å². The molecule has 0 amide bonds. The van der Waals surface area contributed by atoms with E-state index in [1.807, 2.05) is 31.2 Å². The molecule has 0 N–H and O–H groups in total. The van der Waals surface area contributed by atoms with Crippen LogP contribution in [0.3, 0.4) is 0 Å². The second-order valence-corrected chi connectivity index (χ2v) is 8.72. The molecule has 2 aromatic heterocycles. The molecule has 1 saturated heterocycles. The van der Waals surface area contributed by atoms with E-state index in [-0.39, 0.29) is 11.9 Å². The molecule has 0 bridgehead atoms. The number of nitrogens with zero attached hydrogens (tertiary/aromatic N) is 4. The first kappa shape index (κ1) is 18.6. The zero-order chi connectivity index (χ0) is 18.8. The summed E-state index contributed by atoms with van der Waals surface area (Å²) in [5.41, 5.74) is 1.04. The van der Waals surface area contributed by atoms with E-state index in [2.05, 4.69) is 41.6 Å². The van der Waals surface area contributed by atoms with Crippen molar-refractivity contribution < 1.29 is 9.53 Å². The second-order valence-electron chi connectivity index (χ2n) is 6.71. The highest BCUT2D eigenvalue weighted by atomic mass is 79.9. The lowest BCUT2D eigenvalue weighted by Gasteiger charge is -2.30. The SMILES string of the molecule is CCOC(=O)[C@@H]1CCCN(Cc2cn3c(-c4ccc(Br)cc4)nnc3s2)C1.